The Morgan fingerprint density at radius 1 is 0.969 bits per heavy atom. The number of hydrogen-bond donors (Lipinski definition) is 0. The molecule has 1 aromatic heterocycles. The van der Waals surface area contributed by atoms with Gasteiger partial charge in [-0.05, 0) is 37.5 Å². The molecule has 5 nitrogen and oxygen atoms in total. The summed E-state index contributed by atoms with van der Waals surface area (Å²) in [6.07, 6.45) is 0.822. The third-order valence-corrected chi connectivity index (χ3v) is 5.88. The molecule has 0 unspecified atom stereocenters. The molecule has 0 saturated carbocycles. The first-order chi connectivity index (χ1) is 15.4. The summed E-state index contributed by atoms with van der Waals surface area (Å²) in [6, 6.07) is 15.9. The van der Waals surface area contributed by atoms with E-state index in [2.05, 4.69) is 18.7 Å². The number of halogens is 1. The topological polar surface area (TPSA) is 49.3 Å². The van der Waals surface area contributed by atoms with Crippen molar-refractivity contribution in [2.45, 2.75) is 33.1 Å². The first kappa shape index (κ1) is 21.9. The lowest BCUT2D eigenvalue weighted by Gasteiger charge is -2.27. The van der Waals surface area contributed by atoms with Gasteiger partial charge in [-0.15, -0.1) is 0 Å². The van der Waals surface area contributed by atoms with Gasteiger partial charge in [-0.3, -0.25) is 4.79 Å². The average Bonchev–Trinajstić information content (AvgIpc) is 3.04. The van der Waals surface area contributed by atoms with Crippen LogP contribution in [0.25, 0.3) is 11.4 Å². The second kappa shape index (κ2) is 9.47. The maximum absolute atomic E-state index is 13.6. The van der Waals surface area contributed by atoms with Crippen molar-refractivity contribution in [3.8, 4) is 11.4 Å². The fourth-order valence-corrected chi connectivity index (χ4v) is 4.34. The van der Waals surface area contributed by atoms with E-state index in [-0.39, 0.29) is 11.8 Å². The van der Waals surface area contributed by atoms with Gasteiger partial charge in [0.05, 0.1) is 0 Å². The first-order valence-corrected chi connectivity index (χ1v) is 11.2. The van der Waals surface area contributed by atoms with Crippen LogP contribution in [0.5, 0.6) is 0 Å². The van der Waals surface area contributed by atoms with Crippen molar-refractivity contribution in [1.29, 1.82) is 0 Å². The van der Waals surface area contributed by atoms with Gasteiger partial charge in [0.15, 0.2) is 5.82 Å². The SMILES string of the molecule is Cc1nc(-c2ccccc2)nc(N2CCCN(C(=O)c3cccc(F)c3)CC2)c1C(C)C. The molecule has 0 radical (unpaired) electrons. The van der Waals surface area contributed by atoms with E-state index in [4.69, 9.17) is 9.97 Å². The standard InChI is InChI=1S/C26H29FN4O/c1-18(2)23-19(3)28-24(20-9-5-4-6-10-20)29-25(23)30-13-8-14-31(16-15-30)26(32)21-11-7-12-22(27)17-21/h4-7,9-12,17-18H,8,13-16H2,1-3H3. The second-order valence-electron chi connectivity index (χ2n) is 8.53. The van der Waals surface area contributed by atoms with Crippen molar-refractivity contribution in [3.05, 3.63) is 77.2 Å². The summed E-state index contributed by atoms with van der Waals surface area (Å²) in [5, 5.41) is 0. The minimum absolute atomic E-state index is 0.126. The zero-order valence-electron chi connectivity index (χ0n) is 18.9. The van der Waals surface area contributed by atoms with Crippen molar-refractivity contribution >= 4 is 11.7 Å². The highest BCUT2D eigenvalue weighted by atomic mass is 19.1. The maximum atomic E-state index is 13.6. The van der Waals surface area contributed by atoms with E-state index in [1.54, 1.807) is 12.1 Å². The lowest BCUT2D eigenvalue weighted by Crippen LogP contribution is -2.35. The highest BCUT2D eigenvalue weighted by Gasteiger charge is 2.25. The van der Waals surface area contributed by atoms with Crippen LogP contribution in [0.15, 0.2) is 54.6 Å². The van der Waals surface area contributed by atoms with Crippen LogP contribution >= 0.6 is 0 Å². The minimum Gasteiger partial charge on any atom is -0.354 e. The smallest absolute Gasteiger partial charge is 0.254 e. The number of carbonyl (C=O) groups is 1. The molecule has 0 bridgehead atoms. The number of amides is 1. The van der Waals surface area contributed by atoms with E-state index in [1.807, 2.05) is 42.2 Å². The van der Waals surface area contributed by atoms with Crippen LogP contribution in [-0.2, 0) is 0 Å². The zero-order chi connectivity index (χ0) is 22.7. The summed E-state index contributed by atoms with van der Waals surface area (Å²) in [7, 11) is 0. The Morgan fingerprint density at radius 3 is 2.47 bits per heavy atom. The third-order valence-electron chi connectivity index (χ3n) is 5.88. The Kier molecular flexibility index (Phi) is 6.49. The normalized spacial score (nSPS) is 14.5. The van der Waals surface area contributed by atoms with Gasteiger partial charge in [0.1, 0.15) is 11.6 Å². The van der Waals surface area contributed by atoms with Crippen molar-refractivity contribution < 1.29 is 9.18 Å². The van der Waals surface area contributed by atoms with Gasteiger partial charge in [0.2, 0.25) is 0 Å². The lowest BCUT2D eigenvalue weighted by atomic mass is 10.0. The number of carbonyl (C=O) groups excluding carboxylic acids is 1. The van der Waals surface area contributed by atoms with E-state index in [0.717, 1.165) is 41.4 Å². The number of aromatic nitrogens is 2. The monoisotopic (exact) mass is 432 g/mol. The van der Waals surface area contributed by atoms with Crippen molar-refractivity contribution in [2.24, 2.45) is 0 Å². The summed E-state index contributed by atoms with van der Waals surface area (Å²) in [4.78, 5) is 26.8. The summed E-state index contributed by atoms with van der Waals surface area (Å²) < 4.78 is 13.6. The first-order valence-electron chi connectivity index (χ1n) is 11.2. The molecule has 2 aromatic carbocycles. The lowest BCUT2D eigenvalue weighted by molar-refractivity contribution is 0.0766. The molecule has 1 saturated heterocycles. The molecule has 2 heterocycles. The summed E-state index contributed by atoms with van der Waals surface area (Å²) in [5.74, 6) is 1.44. The largest absolute Gasteiger partial charge is 0.354 e. The summed E-state index contributed by atoms with van der Waals surface area (Å²) in [5.41, 5.74) is 3.52. The molecule has 0 atom stereocenters. The average molecular weight is 433 g/mol. The number of aryl methyl sites for hydroxylation is 1. The van der Waals surface area contributed by atoms with Gasteiger partial charge in [-0.25, -0.2) is 14.4 Å². The highest BCUT2D eigenvalue weighted by Crippen LogP contribution is 2.31. The maximum Gasteiger partial charge on any atom is 0.254 e. The summed E-state index contributed by atoms with van der Waals surface area (Å²) >= 11 is 0. The fraction of sp³-hybridized carbons (Fsp3) is 0.346. The van der Waals surface area contributed by atoms with Crippen LogP contribution in [0.3, 0.4) is 0 Å². The molecule has 0 spiro atoms. The molecule has 32 heavy (non-hydrogen) atoms. The molecule has 0 N–H and O–H groups in total. The van der Waals surface area contributed by atoms with E-state index >= 15 is 0 Å². The van der Waals surface area contributed by atoms with Gasteiger partial charge in [0, 0.05) is 48.6 Å². The number of nitrogens with zero attached hydrogens (tertiary/aromatic N) is 4. The van der Waals surface area contributed by atoms with Crippen LogP contribution in [0.1, 0.15) is 47.8 Å². The second-order valence-corrected chi connectivity index (χ2v) is 8.53. The predicted octanol–water partition coefficient (Wildman–Crippen LogP) is 5.07. The third kappa shape index (κ3) is 4.64. The van der Waals surface area contributed by atoms with Crippen LogP contribution in [-0.4, -0.2) is 47.0 Å². The Bertz CT molecular complexity index is 1100. The summed E-state index contributed by atoms with van der Waals surface area (Å²) in [6.45, 7) is 9.05. The van der Waals surface area contributed by atoms with E-state index in [0.29, 0.717) is 25.2 Å². The molecule has 1 aliphatic heterocycles. The molecular weight excluding hydrogens is 403 g/mol. The molecule has 1 aliphatic rings. The van der Waals surface area contributed by atoms with Crippen molar-refractivity contribution in [3.63, 3.8) is 0 Å². The molecule has 166 valence electrons. The quantitative estimate of drug-likeness (QED) is 0.578. The van der Waals surface area contributed by atoms with Crippen LogP contribution in [0.2, 0.25) is 0 Å². The number of anilines is 1. The van der Waals surface area contributed by atoms with Gasteiger partial charge < -0.3 is 9.80 Å². The Morgan fingerprint density at radius 2 is 1.75 bits per heavy atom. The molecule has 1 amide bonds. The molecule has 6 heteroatoms. The number of hydrogen-bond acceptors (Lipinski definition) is 4. The minimum atomic E-state index is -0.390. The van der Waals surface area contributed by atoms with Crippen LogP contribution in [0.4, 0.5) is 10.2 Å². The van der Waals surface area contributed by atoms with Crippen LogP contribution in [0, 0.1) is 12.7 Å². The Labute approximate surface area is 188 Å². The van der Waals surface area contributed by atoms with E-state index in [1.165, 1.54) is 12.1 Å². The molecular formula is C26H29FN4O. The van der Waals surface area contributed by atoms with Crippen LogP contribution < -0.4 is 4.90 Å². The van der Waals surface area contributed by atoms with Gasteiger partial charge in [0.25, 0.3) is 5.91 Å². The molecule has 3 aromatic rings. The zero-order valence-corrected chi connectivity index (χ0v) is 18.9. The predicted molar refractivity (Wildman–Crippen MR) is 125 cm³/mol. The van der Waals surface area contributed by atoms with Crippen molar-refractivity contribution in [2.75, 3.05) is 31.1 Å². The van der Waals surface area contributed by atoms with Gasteiger partial charge >= 0.3 is 0 Å². The molecule has 0 aliphatic carbocycles. The number of benzene rings is 2. The van der Waals surface area contributed by atoms with E-state index in [9.17, 15) is 9.18 Å². The van der Waals surface area contributed by atoms with Gasteiger partial charge in [-0.2, -0.15) is 0 Å². The molecule has 4 rings (SSSR count). The Balaban J connectivity index is 1.62. The number of rotatable bonds is 4. The highest BCUT2D eigenvalue weighted by molar-refractivity contribution is 5.94. The van der Waals surface area contributed by atoms with Gasteiger partial charge in [-0.1, -0.05) is 50.2 Å². The Hall–Kier alpha value is -3.28. The van der Waals surface area contributed by atoms with Crippen molar-refractivity contribution in [1.82, 2.24) is 14.9 Å². The fourth-order valence-electron chi connectivity index (χ4n) is 4.34. The van der Waals surface area contributed by atoms with E-state index < -0.39 is 5.82 Å². The molecule has 1 fully saturated rings.